The third kappa shape index (κ3) is 3.56. The Kier molecular flexibility index (Phi) is 5.10. The fraction of sp³-hybridized carbons (Fsp3) is 0.471. The van der Waals surface area contributed by atoms with Gasteiger partial charge in [-0.25, -0.2) is 4.79 Å². The van der Waals surface area contributed by atoms with Crippen molar-refractivity contribution in [2.75, 3.05) is 5.32 Å². The van der Waals surface area contributed by atoms with E-state index in [1.54, 1.807) is 6.33 Å². The van der Waals surface area contributed by atoms with E-state index in [4.69, 9.17) is 0 Å². The molecule has 0 bridgehead atoms. The molecule has 7 heteroatoms. The SMILES string of the molecule is CCn1cnnc1-c1ccccc1NC(=O)NC1CCCCC1O. The Bertz CT molecular complexity index is 700. The lowest BCUT2D eigenvalue weighted by molar-refractivity contribution is 0.0955. The maximum Gasteiger partial charge on any atom is 0.319 e. The van der Waals surface area contributed by atoms with E-state index in [-0.39, 0.29) is 12.1 Å². The van der Waals surface area contributed by atoms with Crippen molar-refractivity contribution in [1.82, 2.24) is 20.1 Å². The van der Waals surface area contributed by atoms with Gasteiger partial charge in [0.15, 0.2) is 5.82 Å². The smallest absolute Gasteiger partial charge is 0.319 e. The van der Waals surface area contributed by atoms with E-state index in [0.717, 1.165) is 37.8 Å². The Hall–Kier alpha value is -2.41. The van der Waals surface area contributed by atoms with Crippen molar-refractivity contribution in [3.8, 4) is 11.4 Å². The number of nitrogens with zero attached hydrogens (tertiary/aromatic N) is 3. The highest BCUT2D eigenvalue weighted by atomic mass is 16.3. The molecular formula is C17H23N5O2. The van der Waals surface area contributed by atoms with Crippen LogP contribution in [0.5, 0.6) is 0 Å². The molecule has 7 nitrogen and oxygen atoms in total. The predicted molar refractivity (Wildman–Crippen MR) is 91.5 cm³/mol. The summed E-state index contributed by atoms with van der Waals surface area (Å²) >= 11 is 0. The van der Waals surface area contributed by atoms with E-state index in [9.17, 15) is 9.90 Å². The summed E-state index contributed by atoms with van der Waals surface area (Å²) in [5, 5.41) is 23.8. The van der Waals surface area contributed by atoms with Crippen LogP contribution in [0, 0.1) is 0 Å². The number of anilines is 1. The number of hydrogen-bond donors (Lipinski definition) is 3. The van der Waals surface area contributed by atoms with Crippen LogP contribution in [0.25, 0.3) is 11.4 Å². The third-order valence-electron chi connectivity index (χ3n) is 4.42. The lowest BCUT2D eigenvalue weighted by Gasteiger charge is -2.28. The highest BCUT2D eigenvalue weighted by Gasteiger charge is 2.24. The minimum absolute atomic E-state index is 0.190. The van der Waals surface area contributed by atoms with Crippen molar-refractivity contribution >= 4 is 11.7 Å². The highest BCUT2D eigenvalue weighted by molar-refractivity contribution is 5.93. The number of carbonyl (C=O) groups excluding carboxylic acids is 1. The predicted octanol–water partition coefficient (Wildman–Crippen LogP) is 2.39. The highest BCUT2D eigenvalue weighted by Crippen LogP contribution is 2.26. The lowest BCUT2D eigenvalue weighted by atomic mass is 9.93. The van der Waals surface area contributed by atoms with Gasteiger partial charge in [-0.1, -0.05) is 25.0 Å². The minimum Gasteiger partial charge on any atom is -0.391 e. The second kappa shape index (κ2) is 7.44. The van der Waals surface area contributed by atoms with E-state index in [1.807, 2.05) is 35.8 Å². The van der Waals surface area contributed by atoms with Gasteiger partial charge in [-0.3, -0.25) is 0 Å². The zero-order chi connectivity index (χ0) is 16.9. The number of hydrogen-bond acceptors (Lipinski definition) is 4. The molecule has 128 valence electrons. The van der Waals surface area contributed by atoms with Crippen LogP contribution in [0.4, 0.5) is 10.5 Å². The first kappa shape index (κ1) is 16.4. The number of para-hydroxylation sites is 1. The van der Waals surface area contributed by atoms with Crippen LogP contribution in [-0.2, 0) is 6.54 Å². The molecule has 0 aliphatic heterocycles. The van der Waals surface area contributed by atoms with Crippen LogP contribution in [0.2, 0.25) is 0 Å². The first-order valence-corrected chi connectivity index (χ1v) is 8.42. The molecule has 3 N–H and O–H groups in total. The van der Waals surface area contributed by atoms with Crippen molar-refractivity contribution < 1.29 is 9.90 Å². The molecule has 3 rings (SSSR count). The molecule has 1 aliphatic rings. The van der Waals surface area contributed by atoms with Crippen LogP contribution < -0.4 is 10.6 Å². The molecule has 0 radical (unpaired) electrons. The molecule has 2 aromatic rings. The first-order chi connectivity index (χ1) is 11.7. The quantitative estimate of drug-likeness (QED) is 0.803. The van der Waals surface area contributed by atoms with Gasteiger partial charge in [0, 0.05) is 12.1 Å². The lowest BCUT2D eigenvalue weighted by Crippen LogP contribution is -2.46. The topological polar surface area (TPSA) is 92.1 Å². The van der Waals surface area contributed by atoms with Gasteiger partial charge in [0.05, 0.1) is 17.8 Å². The molecule has 1 aromatic carbocycles. The average Bonchev–Trinajstić information content (AvgIpc) is 3.06. The van der Waals surface area contributed by atoms with Crippen LogP contribution in [0.1, 0.15) is 32.6 Å². The maximum atomic E-state index is 12.3. The molecule has 0 saturated heterocycles. The van der Waals surface area contributed by atoms with E-state index < -0.39 is 6.10 Å². The van der Waals surface area contributed by atoms with Crippen molar-refractivity contribution in [1.29, 1.82) is 0 Å². The van der Waals surface area contributed by atoms with Crippen LogP contribution >= 0.6 is 0 Å². The summed E-state index contributed by atoms with van der Waals surface area (Å²) in [5.41, 5.74) is 1.49. The third-order valence-corrected chi connectivity index (χ3v) is 4.42. The molecule has 2 atom stereocenters. The number of aryl methyl sites for hydroxylation is 1. The molecule has 1 aromatic heterocycles. The van der Waals surface area contributed by atoms with Gasteiger partial charge in [-0.2, -0.15) is 0 Å². The number of amides is 2. The number of benzene rings is 1. The van der Waals surface area contributed by atoms with E-state index in [2.05, 4.69) is 20.8 Å². The molecule has 2 amide bonds. The van der Waals surface area contributed by atoms with Gasteiger partial charge in [0.2, 0.25) is 0 Å². The van der Waals surface area contributed by atoms with Gasteiger partial charge in [-0.15, -0.1) is 10.2 Å². The van der Waals surface area contributed by atoms with Crippen LogP contribution in [0.3, 0.4) is 0 Å². The number of aromatic nitrogens is 3. The fourth-order valence-electron chi connectivity index (χ4n) is 3.09. The number of urea groups is 1. The van der Waals surface area contributed by atoms with E-state index >= 15 is 0 Å². The molecule has 24 heavy (non-hydrogen) atoms. The summed E-state index contributed by atoms with van der Waals surface area (Å²) in [6.07, 6.45) is 4.78. The summed E-state index contributed by atoms with van der Waals surface area (Å²) in [6.45, 7) is 2.76. The Labute approximate surface area is 141 Å². The van der Waals surface area contributed by atoms with Gasteiger partial charge in [0.1, 0.15) is 6.33 Å². The largest absolute Gasteiger partial charge is 0.391 e. The standard InChI is InChI=1S/C17H23N5O2/c1-2-22-11-18-21-16(22)12-7-3-4-8-13(12)19-17(24)20-14-9-5-6-10-15(14)23/h3-4,7-8,11,14-15,23H,2,5-6,9-10H2,1H3,(H2,19,20,24). The van der Waals surface area contributed by atoms with Gasteiger partial charge < -0.3 is 20.3 Å². The molecule has 1 saturated carbocycles. The van der Waals surface area contributed by atoms with Crippen LogP contribution in [-0.4, -0.2) is 38.0 Å². The average molecular weight is 329 g/mol. The molecule has 1 heterocycles. The molecule has 0 spiro atoms. The molecular weight excluding hydrogens is 306 g/mol. The second-order valence-corrected chi connectivity index (χ2v) is 6.04. The van der Waals surface area contributed by atoms with Crippen LogP contribution in [0.15, 0.2) is 30.6 Å². The van der Waals surface area contributed by atoms with Crippen molar-refractivity contribution in [3.63, 3.8) is 0 Å². The minimum atomic E-state index is -0.470. The molecule has 1 aliphatic carbocycles. The van der Waals surface area contributed by atoms with Crippen molar-refractivity contribution in [2.45, 2.75) is 51.3 Å². The van der Waals surface area contributed by atoms with E-state index in [1.165, 1.54) is 0 Å². The zero-order valence-electron chi connectivity index (χ0n) is 13.8. The number of aliphatic hydroxyl groups is 1. The fourth-order valence-corrected chi connectivity index (χ4v) is 3.09. The summed E-state index contributed by atoms with van der Waals surface area (Å²) in [7, 11) is 0. The molecule has 1 fully saturated rings. The Morgan fingerprint density at radius 2 is 2.12 bits per heavy atom. The maximum absolute atomic E-state index is 12.3. The van der Waals surface area contributed by atoms with Crippen molar-refractivity contribution in [2.24, 2.45) is 0 Å². The summed E-state index contributed by atoms with van der Waals surface area (Å²) in [4.78, 5) is 12.3. The normalized spacial score (nSPS) is 20.6. The summed E-state index contributed by atoms with van der Waals surface area (Å²) < 4.78 is 1.92. The second-order valence-electron chi connectivity index (χ2n) is 6.04. The number of carbonyl (C=O) groups is 1. The zero-order valence-corrected chi connectivity index (χ0v) is 13.8. The number of rotatable bonds is 4. The Balaban J connectivity index is 1.74. The first-order valence-electron chi connectivity index (χ1n) is 8.42. The van der Waals surface area contributed by atoms with E-state index in [0.29, 0.717) is 11.5 Å². The Morgan fingerprint density at radius 3 is 2.92 bits per heavy atom. The monoisotopic (exact) mass is 329 g/mol. The van der Waals surface area contributed by atoms with Crippen molar-refractivity contribution in [3.05, 3.63) is 30.6 Å². The van der Waals surface area contributed by atoms with Gasteiger partial charge in [0.25, 0.3) is 0 Å². The van der Waals surface area contributed by atoms with Gasteiger partial charge >= 0.3 is 6.03 Å². The van der Waals surface area contributed by atoms with Gasteiger partial charge in [-0.05, 0) is 31.9 Å². The molecule has 2 unspecified atom stereocenters. The summed E-state index contributed by atoms with van der Waals surface area (Å²) in [6, 6.07) is 7.00. The number of nitrogens with one attached hydrogen (secondary N) is 2. The number of aliphatic hydroxyl groups excluding tert-OH is 1. The summed E-state index contributed by atoms with van der Waals surface area (Å²) in [5.74, 6) is 0.714. The Morgan fingerprint density at radius 1 is 1.33 bits per heavy atom.